The highest BCUT2D eigenvalue weighted by molar-refractivity contribution is 7.14. The number of aryl methyl sites for hydroxylation is 3. The zero-order chi connectivity index (χ0) is 14.8. The minimum atomic E-state index is -0.0131. The molecule has 6 heteroatoms. The van der Waals surface area contributed by atoms with Crippen molar-refractivity contribution in [2.75, 3.05) is 0 Å². The van der Waals surface area contributed by atoms with Crippen LogP contribution in [0.15, 0.2) is 6.07 Å². The molecule has 0 saturated heterocycles. The first kappa shape index (κ1) is 14.3. The van der Waals surface area contributed by atoms with Crippen LogP contribution in [0, 0.1) is 6.92 Å². The van der Waals surface area contributed by atoms with E-state index in [4.69, 9.17) is 0 Å². The SMILES string of the molecule is CCCc1cc(C(=O)NCc2nnc3n2CCC3)sc1C. The molecule has 3 heterocycles. The lowest BCUT2D eigenvalue weighted by molar-refractivity contribution is 0.0953. The van der Waals surface area contributed by atoms with Crippen molar-refractivity contribution in [1.29, 1.82) is 0 Å². The van der Waals surface area contributed by atoms with Crippen molar-refractivity contribution in [3.63, 3.8) is 0 Å². The van der Waals surface area contributed by atoms with Crippen molar-refractivity contribution in [2.24, 2.45) is 0 Å². The van der Waals surface area contributed by atoms with E-state index in [1.165, 1.54) is 10.4 Å². The average molecular weight is 304 g/mol. The summed E-state index contributed by atoms with van der Waals surface area (Å²) in [5, 5.41) is 11.3. The quantitative estimate of drug-likeness (QED) is 0.923. The molecule has 1 N–H and O–H groups in total. The molecule has 3 rings (SSSR count). The Bertz CT molecular complexity index is 659. The number of nitrogens with zero attached hydrogens (tertiary/aromatic N) is 3. The highest BCUT2D eigenvalue weighted by Gasteiger charge is 2.18. The summed E-state index contributed by atoms with van der Waals surface area (Å²) in [6.07, 6.45) is 4.25. The van der Waals surface area contributed by atoms with Gasteiger partial charge in [-0.25, -0.2) is 0 Å². The highest BCUT2D eigenvalue weighted by Crippen LogP contribution is 2.23. The third kappa shape index (κ3) is 2.85. The van der Waals surface area contributed by atoms with Gasteiger partial charge in [0, 0.05) is 17.8 Å². The number of hydrogen-bond donors (Lipinski definition) is 1. The minimum absolute atomic E-state index is 0.0131. The number of thiophene rings is 1. The van der Waals surface area contributed by atoms with Gasteiger partial charge in [-0.3, -0.25) is 4.79 Å². The van der Waals surface area contributed by atoms with Gasteiger partial charge in [0.05, 0.1) is 11.4 Å². The van der Waals surface area contributed by atoms with Gasteiger partial charge in [0.25, 0.3) is 5.91 Å². The molecule has 0 radical (unpaired) electrons. The molecule has 0 aliphatic carbocycles. The summed E-state index contributed by atoms with van der Waals surface area (Å²) in [7, 11) is 0. The van der Waals surface area contributed by atoms with E-state index in [1.54, 1.807) is 11.3 Å². The predicted octanol–water partition coefficient (Wildman–Crippen LogP) is 2.48. The number of aromatic nitrogens is 3. The summed E-state index contributed by atoms with van der Waals surface area (Å²) in [6, 6.07) is 2.02. The van der Waals surface area contributed by atoms with Crippen LogP contribution in [0.3, 0.4) is 0 Å². The molecule has 112 valence electrons. The first-order valence-electron chi connectivity index (χ1n) is 7.47. The Morgan fingerprint density at radius 1 is 1.48 bits per heavy atom. The maximum absolute atomic E-state index is 12.3. The molecule has 1 aliphatic heterocycles. The van der Waals surface area contributed by atoms with E-state index in [2.05, 4.69) is 33.9 Å². The van der Waals surface area contributed by atoms with Crippen LogP contribution in [0.1, 0.15) is 51.5 Å². The van der Waals surface area contributed by atoms with E-state index in [0.717, 1.165) is 48.8 Å². The summed E-state index contributed by atoms with van der Waals surface area (Å²) in [5.41, 5.74) is 1.29. The zero-order valence-electron chi connectivity index (χ0n) is 12.5. The monoisotopic (exact) mass is 304 g/mol. The first-order valence-corrected chi connectivity index (χ1v) is 8.29. The Kier molecular flexibility index (Phi) is 4.05. The van der Waals surface area contributed by atoms with E-state index in [-0.39, 0.29) is 5.91 Å². The van der Waals surface area contributed by atoms with E-state index >= 15 is 0 Å². The molecule has 2 aromatic rings. The van der Waals surface area contributed by atoms with Gasteiger partial charge in [-0.15, -0.1) is 21.5 Å². The van der Waals surface area contributed by atoms with E-state index < -0.39 is 0 Å². The Morgan fingerprint density at radius 3 is 3.14 bits per heavy atom. The lowest BCUT2D eigenvalue weighted by atomic mass is 10.1. The molecule has 0 aromatic carbocycles. The predicted molar refractivity (Wildman–Crippen MR) is 82.6 cm³/mol. The standard InChI is InChI=1S/C15H20N4OS/c1-3-5-11-8-12(21-10(11)2)15(20)16-9-14-18-17-13-6-4-7-19(13)14/h8H,3-7,9H2,1-2H3,(H,16,20). The summed E-state index contributed by atoms with van der Waals surface area (Å²) in [6.45, 7) is 5.65. The first-order chi connectivity index (χ1) is 10.2. The molecule has 0 bridgehead atoms. The summed E-state index contributed by atoms with van der Waals surface area (Å²) < 4.78 is 2.11. The molecular weight excluding hydrogens is 284 g/mol. The van der Waals surface area contributed by atoms with Gasteiger partial charge in [-0.2, -0.15) is 0 Å². The van der Waals surface area contributed by atoms with E-state index in [0.29, 0.717) is 6.54 Å². The van der Waals surface area contributed by atoms with E-state index in [9.17, 15) is 4.79 Å². The van der Waals surface area contributed by atoms with Crippen LogP contribution in [0.25, 0.3) is 0 Å². The fraction of sp³-hybridized carbons (Fsp3) is 0.533. The maximum Gasteiger partial charge on any atom is 0.261 e. The molecule has 0 saturated carbocycles. The molecule has 0 atom stereocenters. The number of rotatable bonds is 5. The van der Waals surface area contributed by atoms with Gasteiger partial charge in [0.15, 0.2) is 5.82 Å². The molecule has 0 spiro atoms. The third-order valence-corrected chi connectivity index (χ3v) is 4.95. The van der Waals surface area contributed by atoms with Crippen LogP contribution in [-0.2, 0) is 25.9 Å². The van der Waals surface area contributed by atoms with Gasteiger partial charge in [-0.1, -0.05) is 13.3 Å². The average Bonchev–Trinajstić information content (AvgIpc) is 3.14. The normalized spacial score (nSPS) is 13.4. The van der Waals surface area contributed by atoms with Crippen LogP contribution < -0.4 is 5.32 Å². The van der Waals surface area contributed by atoms with Gasteiger partial charge in [0.2, 0.25) is 0 Å². The van der Waals surface area contributed by atoms with Crippen molar-refractivity contribution >= 4 is 17.2 Å². The van der Waals surface area contributed by atoms with Crippen molar-refractivity contribution in [2.45, 2.75) is 52.6 Å². The number of hydrogen-bond acceptors (Lipinski definition) is 4. The van der Waals surface area contributed by atoms with Crippen LogP contribution in [0.2, 0.25) is 0 Å². The summed E-state index contributed by atoms with van der Waals surface area (Å²) in [5.74, 6) is 1.88. The molecular formula is C15H20N4OS. The lowest BCUT2D eigenvalue weighted by Gasteiger charge is -2.04. The van der Waals surface area contributed by atoms with Crippen molar-refractivity contribution in [3.05, 3.63) is 33.0 Å². The molecule has 5 nitrogen and oxygen atoms in total. The number of amides is 1. The second kappa shape index (κ2) is 5.97. The second-order valence-electron chi connectivity index (χ2n) is 5.41. The minimum Gasteiger partial charge on any atom is -0.344 e. The van der Waals surface area contributed by atoms with Gasteiger partial charge < -0.3 is 9.88 Å². The molecule has 0 unspecified atom stereocenters. The highest BCUT2D eigenvalue weighted by atomic mass is 32.1. The maximum atomic E-state index is 12.3. The number of carbonyl (C=O) groups excluding carboxylic acids is 1. The molecule has 0 fully saturated rings. The Balaban J connectivity index is 1.65. The number of nitrogens with one attached hydrogen (secondary N) is 1. The van der Waals surface area contributed by atoms with Crippen LogP contribution >= 0.6 is 11.3 Å². The van der Waals surface area contributed by atoms with Gasteiger partial charge in [0.1, 0.15) is 5.82 Å². The van der Waals surface area contributed by atoms with E-state index in [1.807, 2.05) is 6.07 Å². The Hall–Kier alpha value is -1.69. The lowest BCUT2D eigenvalue weighted by Crippen LogP contribution is -2.23. The van der Waals surface area contributed by atoms with Gasteiger partial charge in [-0.05, 0) is 31.4 Å². The third-order valence-electron chi connectivity index (χ3n) is 3.86. The molecule has 1 aliphatic rings. The molecule has 21 heavy (non-hydrogen) atoms. The Morgan fingerprint density at radius 2 is 2.33 bits per heavy atom. The van der Waals surface area contributed by atoms with Crippen LogP contribution in [-0.4, -0.2) is 20.7 Å². The van der Waals surface area contributed by atoms with Crippen LogP contribution in [0.4, 0.5) is 0 Å². The topological polar surface area (TPSA) is 59.8 Å². The Labute approximate surface area is 128 Å². The van der Waals surface area contributed by atoms with Gasteiger partial charge >= 0.3 is 0 Å². The fourth-order valence-corrected chi connectivity index (χ4v) is 3.73. The number of carbonyl (C=O) groups is 1. The zero-order valence-corrected chi connectivity index (χ0v) is 13.3. The largest absolute Gasteiger partial charge is 0.344 e. The van der Waals surface area contributed by atoms with Crippen molar-refractivity contribution < 1.29 is 4.79 Å². The summed E-state index contributed by atoms with van der Waals surface area (Å²) >= 11 is 1.57. The van der Waals surface area contributed by atoms with Crippen molar-refractivity contribution in [1.82, 2.24) is 20.1 Å². The summed E-state index contributed by atoms with van der Waals surface area (Å²) in [4.78, 5) is 14.3. The molecule has 2 aromatic heterocycles. The van der Waals surface area contributed by atoms with Crippen LogP contribution in [0.5, 0.6) is 0 Å². The smallest absolute Gasteiger partial charge is 0.261 e. The second-order valence-corrected chi connectivity index (χ2v) is 6.67. The van der Waals surface area contributed by atoms with Crippen molar-refractivity contribution in [3.8, 4) is 0 Å². The molecule has 1 amide bonds. The fourth-order valence-electron chi connectivity index (χ4n) is 2.74. The number of fused-ring (bicyclic) bond motifs is 1.